The molecule has 28 heavy (non-hydrogen) atoms. The van der Waals surface area contributed by atoms with E-state index in [4.69, 9.17) is 14.2 Å². The van der Waals surface area contributed by atoms with Crippen molar-refractivity contribution in [3.8, 4) is 11.5 Å². The van der Waals surface area contributed by atoms with Crippen LogP contribution in [0, 0.1) is 6.92 Å². The highest BCUT2D eigenvalue weighted by atomic mass is 32.1. The number of ether oxygens (including phenoxy) is 3. The summed E-state index contributed by atoms with van der Waals surface area (Å²) in [6.45, 7) is 4.73. The van der Waals surface area contributed by atoms with Crippen LogP contribution < -0.4 is 15.0 Å². The number of nitrogens with zero attached hydrogens (tertiary/aromatic N) is 3. The smallest absolute Gasteiger partial charge is 0.348 e. The van der Waals surface area contributed by atoms with Crippen molar-refractivity contribution in [2.45, 2.75) is 13.8 Å². The monoisotopic (exact) mass is 399 g/mol. The molecule has 2 aromatic heterocycles. The maximum Gasteiger partial charge on any atom is 0.348 e. The van der Waals surface area contributed by atoms with Gasteiger partial charge in [-0.25, -0.2) is 9.78 Å². The highest BCUT2D eigenvalue weighted by Gasteiger charge is 2.20. The van der Waals surface area contributed by atoms with Gasteiger partial charge in [0.1, 0.15) is 29.2 Å². The summed E-state index contributed by atoms with van der Waals surface area (Å²) in [6, 6.07) is 5.42. The molecule has 4 rings (SSSR count). The number of carbonyl (C=O) groups excluding carboxylic acids is 1. The summed E-state index contributed by atoms with van der Waals surface area (Å²) in [7, 11) is 0. The summed E-state index contributed by atoms with van der Waals surface area (Å²) in [5.74, 6) is 0.877. The molecular weight excluding hydrogens is 382 g/mol. The Morgan fingerprint density at radius 1 is 1.36 bits per heavy atom. The molecule has 0 bridgehead atoms. The summed E-state index contributed by atoms with van der Waals surface area (Å²) < 4.78 is 17.2. The number of fused-ring (bicyclic) bond motifs is 2. The molecule has 0 amide bonds. The highest BCUT2D eigenvalue weighted by Crippen LogP contribution is 2.30. The molecule has 1 aliphatic rings. The first kappa shape index (κ1) is 18.2. The molecule has 0 atom stereocenters. The predicted octanol–water partition coefficient (Wildman–Crippen LogP) is 2.60. The van der Waals surface area contributed by atoms with Crippen molar-refractivity contribution in [2.75, 3.05) is 19.8 Å². The van der Waals surface area contributed by atoms with Crippen LogP contribution in [-0.4, -0.2) is 41.7 Å². The first-order chi connectivity index (χ1) is 13.6. The zero-order valence-electron chi connectivity index (χ0n) is 15.3. The average molecular weight is 399 g/mol. The normalized spacial score (nSPS) is 13.2. The third-order valence-electron chi connectivity index (χ3n) is 4.19. The lowest BCUT2D eigenvalue weighted by molar-refractivity contribution is 0.0531. The molecule has 1 aliphatic heterocycles. The van der Waals surface area contributed by atoms with Crippen LogP contribution in [0.5, 0.6) is 11.5 Å². The van der Waals surface area contributed by atoms with Crippen molar-refractivity contribution in [2.24, 2.45) is 5.10 Å². The Balaban J connectivity index is 1.69. The fraction of sp³-hybridized carbons (Fsp3) is 0.263. The Morgan fingerprint density at radius 3 is 2.93 bits per heavy atom. The van der Waals surface area contributed by atoms with Crippen molar-refractivity contribution in [1.82, 2.24) is 9.66 Å². The zero-order chi connectivity index (χ0) is 19.7. The van der Waals surface area contributed by atoms with Crippen molar-refractivity contribution in [1.29, 1.82) is 0 Å². The summed E-state index contributed by atoms with van der Waals surface area (Å²) in [6.07, 6.45) is 2.88. The Labute approximate surface area is 164 Å². The number of aryl methyl sites for hydroxylation is 1. The third-order valence-corrected chi connectivity index (χ3v) is 5.37. The number of hydrogen-bond acceptors (Lipinski definition) is 8. The van der Waals surface area contributed by atoms with Crippen LogP contribution in [0.4, 0.5) is 0 Å². The quantitative estimate of drug-likeness (QED) is 0.495. The van der Waals surface area contributed by atoms with E-state index >= 15 is 0 Å². The van der Waals surface area contributed by atoms with E-state index in [9.17, 15) is 9.59 Å². The molecule has 144 valence electrons. The Hall–Kier alpha value is -3.20. The van der Waals surface area contributed by atoms with Crippen LogP contribution in [0.2, 0.25) is 0 Å². The number of thiophene rings is 1. The number of benzene rings is 1. The first-order valence-electron chi connectivity index (χ1n) is 8.70. The van der Waals surface area contributed by atoms with Gasteiger partial charge in [-0.1, -0.05) is 0 Å². The number of aromatic nitrogens is 2. The van der Waals surface area contributed by atoms with Gasteiger partial charge in [-0.2, -0.15) is 9.78 Å². The van der Waals surface area contributed by atoms with Gasteiger partial charge in [-0.15, -0.1) is 11.3 Å². The molecule has 0 fully saturated rings. The van der Waals surface area contributed by atoms with Gasteiger partial charge in [0.25, 0.3) is 5.56 Å². The highest BCUT2D eigenvalue weighted by molar-refractivity contribution is 7.20. The molecule has 8 nitrogen and oxygen atoms in total. The lowest BCUT2D eigenvalue weighted by Crippen LogP contribution is -2.17. The molecule has 1 aromatic carbocycles. The lowest BCUT2D eigenvalue weighted by Gasteiger charge is -2.18. The van der Waals surface area contributed by atoms with Gasteiger partial charge in [0.15, 0.2) is 11.5 Å². The summed E-state index contributed by atoms with van der Waals surface area (Å²) in [4.78, 5) is 30.0. The maximum absolute atomic E-state index is 12.8. The fourth-order valence-electron chi connectivity index (χ4n) is 2.86. The molecule has 0 spiro atoms. The van der Waals surface area contributed by atoms with Crippen LogP contribution in [0.3, 0.4) is 0 Å². The average Bonchev–Trinajstić information content (AvgIpc) is 3.05. The van der Waals surface area contributed by atoms with Crippen molar-refractivity contribution < 1.29 is 19.0 Å². The minimum atomic E-state index is -0.450. The molecule has 0 aliphatic carbocycles. The van der Waals surface area contributed by atoms with E-state index in [0.717, 1.165) is 21.6 Å². The largest absolute Gasteiger partial charge is 0.486 e. The molecule has 0 saturated heterocycles. The van der Waals surface area contributed by atoms with Crippen LogP contribution >= 0.6 is 11.3 Å². The molecule has 0 N–H and O–H groups in total. The first-order valence-corrected chi connectivity index (χ1v) is 9.52. The maximum atomic E-state index is 12.8. The minimum Gasteiger partial charge on any atom is -0.486 e. The van der Waals surface area contributed by atoms with Gasteiger partial charge in [-0.3, -0.25) is 4.79 Å². The van der Waals surface area contributed by atoms with E-state index in [1.54, 1.807) is 32.2 Å². The molecule has 0 unspecified atom stereocenters. The summed E-state index contributed by atoms with van der Waals surface area (Å²) >= 11 is 1.14. The Kier molecular flexibility index (Phi) is 4.82. The topological polar surface area (TPSA) is 92.0 Å². The molecule has 0 radical (unpaired) electrons. The van der Waals surface area contributed by atoms with Gasteiger partial charge in [-0.05, 0) is 43.2 Å². The van der Waals surface area contributed by atoms with Gasteiger partial charge in [0, 0.05) is 0 Å². The van der Waals surface area contributed by atoms with Crippen LogP contribution in [0.25, 0.3) is 10.2 Å². The van der Waals surface area contributed by atoms with E-state index in [1.807, 2.05) is 6.07 Å². The second kappa shape index (κ2) is 7.43. The molecule has 9 heteroatoms. The fourth-order valence-corrected chi connectivity index (χ4v) is 3.89. The van der Waals surface area contributed by atoms with E-state index < -0.39 is 5.97 Å². The van der Waals surface area contributed by atoms with E-state index in [0.29, 0.717) is 45.4 Å². The Bertz CT molecular complexity index is 1150. The molecular formula is C19H17N3O5S. The number of esters is 1. The molecule has 3 aromatic rings. The van der Waals surface area contributed by atoms with Gasteiger partial charge in [0.05, 0.1) is 18.2 Å². The van der Waals surface area contributed by atoms with Crippen LogP contribution in [0.1, 0.15) is 27.7 Å². The van der Waals surface area contributed by atoms with E-state index in [2.05, 4.69) is 10.1 Å². The SMILES string of the molecule is CCOC(=O)c1sc2ncn(/N=C/c3ccc4c(c3)OCCO4)c(=O)c2c1C. The number of hydrogen-bond donors (Lipinski definition) is 0. The van der Waals surface area contributed by atoms with Crippen molar-refractivity contribution in [3.05, 3.63) is 50.9 Å². The van der Waals surface area contributed by atoms with Crippen molar-refractivity contribution >= 4 is 33.7 Å². The molecule has 3 heterocycles. The summed E-state index contributed by atoms with van der Waals surface area (Å²) in [5, 5.41) is 4.59. The Morgan fingerprint density at radius 2 is 2.14 bits per heavy atom. The minimum absolute atomic E-state index is 0.268. The van der Waals surface area contributed by atoms with Gasteiger partial charge >= 0.3 is 5.97 Å². The second-order valence-corrected chi connectivity index (χ2v) is 7.00. The summed E-state index contributed by atoms with van der Waals surface area (Å²) in [5.41, 5.74) is 0.966. The van der Waals surface area contributed by atoms with Crippen LogP contribution in [0.15, 0.2) is 34.4 Å². The lowest BCUT2D eigenvalue weighted by atomic mass is 10.2. The van der Waals surface area contributed by atoms with Gasteiger partial charge < -0.3 is 14.2 Å². The second-order valence-electron chi connectivity index (χ2n) is 6.00. The predicted molar refractivity (Wildman–Crippen MR) is 105 cm³/mol. The van der Waals surface area contributed by atoms with Crippen LogP contribution in [-0.2, 0) is 4.74 Å². The standard InChI is InChI=1S/C19H17N3O5S/c1-3-25-19(24)16-11(2)15-17(28-16)20-10-22(18(15)23)21-9-12-4-5-13-14(8-12)27-7-6-26-13/h4-5,8-10H,3,6-7H2,1-2H3/b21-9+. The third kappa shape index (κ3) is 3.24. The number of rotatable bonds is 4. The molecule has 0 saturated carbocycles. The van der Waals surface area contributed by atoms with Gasteiger partial charge in [0.2, 0.25) is 0 Å². The zero-order valence-corrected chi connectivity index (χ0v) is 16.1. The number of carbonyl (C=O) groups is 1. The van der Waals surface area contributed by atoms with E-state index in [1.165, 1.54) is 6.33 Å². The van der Waals surface area contributed by atoms with Crippen molar-refractivity contribution in [3.63, 3.8) is 0 Å². The van der Waals surface area contributed by atoms with E-state index in [-0.39, 0.29) is 12.2 Å².